The highest BCUT2D eigenvalue weighted by Gasteiger charge is 2.37. The Morgan fingerprint density at radius 1 is 0.976 bits per heavy atom. The standard InChI is InChI=1S/C30H28ClN3O7/c1-4-13-40-25-12-10-22(16-26(25)39-3)34-29(37)23(28(36)33-30(34)38)15-19-14-20(31)7-11-24(19)41-17-27(35)32-21-8-5-18(2)6-9-21/h5-12,14-16H,4,13,17H2,1-3H3,(H,32,35)(H,33,36,38)/b23-15+. The van der Waals surface area contributed by atoms with Gasteiger partial charge in [-0.05, 0) is 61.9 Å². The average molecular weight is 578 g/mol. The number of ether oxygens (including phenoxy) is 3. The zero-order valence-electron chi connectivity index (χ0n) is 22.7. The molecule has 1 heterocycles. The molecule has 212 valence electrons. The van der Waals surface area contributed by atoms with E-state index in [2.05, 4.69) is 10.6 Å². The third-order valence-electron chi connectivity index (χ3n) is 5.93. The van der Waals surface area contributed by atoms with E-state index in [4.69, 9.17) is 25.8 Å². The molecule has 0 unspecified atom stereocenters. The average Bonchev–Trinajstić information content (AvgIpc) is 2.95. The van der Waals surface area contributed by atoms with Gasteiger partial charge in [0.25, 0.3) is 17.7 Å². The number of methoxy groups -OCH3 is 1. The fraction of sp³-hybridized carbons (Fsp3) is 0.200. The van der Waals surface area contributed by atoms with Crippen molar-refractivity contribution in [1.29, 1.82) is 0 Å². The number of barbiturate groups is 1. The molecule has 0 saturated carbocycles. The number of nitrogens with one attached hydrogen (secondary N) is 2. The number of halogens is 1. The molecule has 0 aromatic heterocycles. The highest BCUT2D eigenvalue weighted by Crippen LogP contribution is 2.34. The number of amides is 5. The van der Waals surface area contributed by atoms with Gasteiger partial charge in [-0.2, -0.15) is 0 Å². The van der Waals surface area contributed by atoms with E-state index in [1.807, 2.05) is 26.0 Å². The SMILES string of the molecule is CCCOc1ccc(N2C(=O)NC(=O)/C(=C\c3cc(Cl)ccc3OCC(=O)Nc3ccc(C)cc3)C2=O)cc1OC. The summed E-state index contributed by atoms with van der Waals surface area (Å²) in [5.74, 6) is -1.22. The van der Waals surface area contributed by atoms with Crippen LogP contribution in [0.5, 0.6) is 17.2 Å². The van der Waals surface area contributed by atoms with Crippen molar-refractivity contribution in [2.45, 2.75) is 20.3 Å². The number of carbonyl (C=O) groups excluding carboxylic acids is 4. The molecule has 0 radical (unpaired) electrons. The summed E-state index contributed by atoms with van der Waals surface area (Å²) in [6, 6.07) is 15.5. The molecule has 0 bridgehead atoms. The Morgan fingerprint density at radius 3 is 2.41 bits per heavy atom. The summed E-state index contributed by atoms with van der Waals surface area (Å²) < 4.78 is 16.7. The number of benzene rings is 3. The van der Waals surface area contributed by atoms with Crippen LogP contribution in [0.3, 0.4) is 0 Å². The van der Waals surface area contributed by atoms with Crippen LogP contribution in [-0.2, 0) is 14.4 Å². The molecule has 1 aliphatic rings. The number of nitrogens with zero attached hydrogens (tertiary/aromatic N) is 1. The lowest BCUT2D eigenvalue weighted by atomic mass is 10.1. The third kappa shape index (κ3) is 7.03. The fourth-order valence-electron chi connectivity index (χ4n) is 3.91. The van der Waals surface area contributed by atoms with E-state index in [1.54, 1.807) is 24.3 Å². The third-order valence-corrected chi connectivity index (χ3v) is 6.17. The monoisotopic (exact) mass is 577 g/mol. The first-order chi connectivity index (χ1) is 19.7. The molecule has 5 amide bonds. The summed E-state index contributed by atoms with van der Waals surface area (Å²) >= 11 is 6.18. The molecule has 3 aromatic carbocycles. The molecule has 0 atom stereocenters. The van der Waals surface area contributed by atoms with Crippen molar-refractivity contribution in [3.8, 4) is 17.2 Å². The van der Waals surface area contributed by atoms with Gasteiger partial charge in [0.1, 0.15) is 11.3 Å². The maximum atomic E-state index is 13.5. The minimum Gasteiger partial charge on any atom is -0.493 e. The topological polar surface area (TPSA) is 123 Å². The van der Waals surface area contributed by atoms with Crippen LogP contribution in [0.15, 0.2) is 66.2 Å². The molecule has 2 N–H and O–H groups in total. The highest BCUT2D eigenvalue weighted by atomic mass is 35.5. The molecule has 4 rings (SSSR count). The number of hydrogen-bond acceptors (Lipinski definition) is 7. The molecule has 1 fully saturated rings. The number of imide groups is 2. The van der Waals surface area contributed by atoms with Gasteiger partial charge in [0.05, 0.1) is 19.4 Å². The number of aryl methyl sites for hydroxylation is 1. The Balaban J connectivity index is 1.58. The van der Waals surface area contributed by atoms with Gasteiger partial charge in [0.2, 0.25) is 0 Å². The van der Waals surface area contributed by atoms with Crippen molar-refractivity contribution in [2.24, 2.45) is 0 Å². The molecule has 0 aliphatic carbocycles. The van der Waals surface area contributed by atoms with E-state index in [1.165, 1.54) is 37.5 Å². The van der Waals surface area contributed by atoms with E-state index in [0.29, 0.717) is 28.8 Å². The van der Waals surface area contributed by atoms with Crippen molar-refractivity contribution in [1.82, 2.24) is 5.32 Å². The number of hydrogen-bond donors (Lipinski definition) is 2. The summed E-state index contributed by atoms with van der Waals surface area (Å²) in [6.45, 7) is 4.01. The van der Waals surface area contributed by atoms with Gasteiger partial charge in [-0.3, -0.25) is 19.7 Å². The van der Waals surface area contributed by atoms with Gasteiger partial charge in [-0.25, -0.2) is 9.69 Å². The minimum absolute atomic E-state index is 0.168. The predicted molar refractivity (Wildman–Crippen MR) is 155 cm³/mol. The van der Waals surface area contributed by atoms with Crippen LogP contribution < -0.4 is 29.7 Å². The van der Waals surface area contributed by atoms with Crippen LogP contribution in [-0.4, -0.2) is 44.1 Å². The van der Waals surface area contributed by atoms with Crippen LogP contribution >= 0.6 is 11.6 Å². The summed E-state index contributed by atoms with van der Waals surface area (Å²) in [7, 11) is 1.44. The Morgan fingerprint density at radius 2 is 1.71 bits per heavy atom. The second kappa shape index (κ2) is 13.0. The molecule has 1 saturated heterocycles. The number of anilines is 2. The van der Waals surface area contributed by atoms with Gasteiger partial charge >= 0.3 is 6.03 Å². The lowest BCUT2D eigenvalue weighted by molar-refractivity contribution is -0.122. The van der Waals surface area contributed by atoms with Gasteiger partial charge in [-0.15, -0.1) is 0 Å². The zero-order valence-corrected chi connectivity index (χ0v) is 23.4. The van der Waals surface area contributed by atoms with Crippen LogP contribution in [0.4, 0.5) is 16.2 Å². The molecule has 11 heteroatoms. The molecule has 0 spiro atoms. The smallest absolute Gasteiger partial charge is 0.335 e. The fourth-order valence-corrected chi connectivity index (χ4v) is 4.10. The van der Waals surface area contributed by atoms with E-state index < -0.39 is 23.8 Å². The van der Waals surface area contributed by atoms with E-state index in [-0.39, 0.29) is 29.2 Å². The zero-order chi connectivity index (χ0) is 29.5. The first-order valence-electron chi connectivity index (χ1n) is 12.7. The first-order valence-corrected chi connectivity index (χ1v) is 13.1. The van der Waals surface area contributed by atoms with E-state index >= 15 is 0 Å². The van der Waals surface area contributed by atoms with Crippen LogP contribution in [0, 0.1) is 6.92 Å². The summed E-state index contributed by atoms with van der Waals surface area (Å²) in [6.07, 6.45) is 2.03. The molecular weight excluding hydrogens is 550 g/mol. The van der Waals surface area contributed by atoms with Crippen LogP contribution in [0.2, 0.25) is 5.02 Å². The summed E-state index contributed by atoms with van der Waals surface area (Å²) in [5.41, 5.74) is 1.75. The van der Waals surface area contributed by atoms with Crippen molar-refractivity contribution in [3.63, 3.8) is 0 Å². The summed E-state index contributed by atoms with van der Waals surface area (Å²) in [5, 5.41) is 5.21. The van der Waals surface area contributed by atoms with E-state index in [9.17, 15) is 19.2 Å². The Hall–Kier alpha value is -4.83. The predicted octanol–water partition coefficient (Wildman–Crippen LogP) is 5.13. The maximum absolute atomic E-state index is 13.5. The number of rotatable bonds is 10. The van der Waals surface area contributed by atoms with Crippen molar-refractivity contribution >= 4 is 52.8 Å². The van der Waals surface area contributed by atoms with E-state index in [0.717, 1.165) is 16.9 Å². The second-order valence-corrected chi connectivity index (χ2v) is 9.46. The normalized spacial score (nSPS) is 14.1. The minimum atomic E-state index is -0.920. The Labute approximate surface area is 241 Å². The first kappa shape index (κ1) is 29.2. The maximum Gasteiger partial charge on any atom is 0.335 e. The van der Waals surface area contributed by atoms with Gasteiger partial charge in [0.15, 0.2) is 18.1 Å². The largest absolute Gasteiger partial charge is 0.493 e. The quantitative estimate of drug-likeness (QED) is 0.253. The van der Waals surface area contributed by atoms with Crippen LogP contribution in [0.1, 0.15) is 24.5 Å². The van der Waals surface area contributed by atoms with Crippen LogP contribution in [0.25, 0.3) is 6.08 Å². The molecule has 3 aromatic rings. The van der Waals surface area contributed by atoms with Gasteiger partial charge < -0.3 is 19.5 Å². The number of carbonyl (C=O) groups is 4. The Bertz CT molecular complexity index is 1520. The van der Waals surface area contributed by atoms with Gasteiger partial charge in [-0.1, -0.05) is 36.2 Å². The molecule has 41 heavy (non-hydrogen) atoms. The molecule has 1 aliphatic heterocycles. The number of urea groups is 1. The molecular formula is C30H28ClN3O7. The lowest BCUT2D eigenvalue weighted by Crippen LogP contribution is -2.54. The van der Waals surface area contributed by atoms with Crippen molar-refractivity contribution in [2.75, 3.05) is 30.5 Å². The lowest BCUT2D eigenvalue weighted by Gasteiger charge is -2.27. The second-order valence-electron chi connectivity index (χ2n) is 9.03. The van der Waals surface area contributed by atoms with Gasteiger partial charge in [0, 0.05) is 22.3 Å². The summed E-state index contributed by atoms with van der Waals surface area (Å²) in [4.78, 5) is 52.2. The van der Waals surface area contributed by atoms with Crippen molar-refractivity contribution in [3.05, 3.63) is 82.4 Å². The van der Waals surface area contributed by atoms with Crippen molar-refractivity contribution < 1.29 is 33.4 Å². The molecule has 10 nitrogen and oxygen atoms in total. The highest BCUT2D eigenvalue weighted by molar-refractivity contribution is 6.39. The Kier molecular flexibility index (Phi) is 9.26.